The van der Waals surface area contributed by atoms with Crippen LogP contribution in [0.4, 0.5) is 0 Å². The average molecular weight is 218 g/mol. The number of aliphatic carboxylic acids is 1. The maximum Gasteiger partial charge on any atom is 0.372 e. The molecule has 3 heteroatoms. The van der Waals surface area contributed by atoms with Gasteiger partial charge in [0.2, 0.25) is 5.78 Å². The maximum absolute atomic E-state index is 11.4. The quantitative estimate of drug-likeness (QED) is 0.608. The molecule has 0 saturated heterocycles. The van der Waals surface area contributed by atoms with Crippen molar-refractivity contribution in [1.29, 1.82) is 0 Å². The van der Waals surface area contributed by atoms with Crippen molar-refractivity contribution in [2.45, 2.75) is 19.3 Å². The van der Waals surface area contributed by atoms with Gasteiger partial charge in [-0.25, -0.2) is 4.79 Å². The lowest BCUT2D eigenvalue weighted by atomic mass is 9.91. The first kappa shape index (κ1) is 12.2. The van der Waals surface area contributed by atoms with Gasteiger partial charge >= 0.3 is 5.97 Å². The van der Waals surface area contributed by atoms with Crippen LogP contribution in [0.1, 0.15) is 24.0 Å². The van der Waals surface area contributed by atoms with Gasteiger partial charge in [0.05, 0.1) is 5.92 Å². The van der Waals surface area contributed by atoms with E-state index in [4.69, 9.17) is 5.11 Å². The van der Waals surface area contributed by atoms with Gasteiger partial charge in [0, 0.05) is 0 Å². The Kier molecular flexibility index (Phi) is 4.00. The van der Waals surface area contributed by atoms with E-state index in [2.05, 4.69) is 6.58 Å². The number of ketones is 1. The Morgan fingerprint density at radius 2 is 2.06 bits per heavy atom. The van der Waals surface area contributed by atoms with Gasteiger partial charge in [-0.3, -0.25) is 4.79 Å². The number of benzene rings is 1. The molecule has 0 amide bonds. The molecule has 0 saturated carbocycles. The van der Waals surface area contributed by atoms with Crippen LogP contribution in [0.25, 0.3) is 0 Å². The fraction of sp³-hybridized carbons (Fsp3) is 0.231. The molecule has 0 spiro atoms. The minimum absolute atomic E-state index is 0.617. The Morgan fingerprint density at radius 1 is 1.44 bits per heavy atom. The first-order valence-corrected chi connectivity index (χ1v) is 5.03. The zero-order valence-corrected chi connectivity index (χ0v) is 9.14. The number of carboxylic acids is 1. The van der Waals surface area contributed by atoms with E-state index in [1.54, 1.807) is 25.1 Å². The number of hydrogen-bond donors (Lipinski definition) is 1. The lowest BCUT2D eigenvalue weighted by Gasteiger charge is -2.12. The fourth-order valence-corrected chi connectivity index (χ4v) is 1.62. The van der Waals surface area contributed by atoms with E-state index in [9.17, 15) is 9.59 Å². The molecule has 1 rings (SSSR count). The number of carboxylic acid groups (broad SMARTS) is 1. The van der Waals surface area contributed by atoms with E-state index in [0.717, 1.165) is 11.1 Å². The summed E-state index contributed by atoms with van der Waals surface area (Å²) in [6.45, 7) is 5.24. The molecule has 0 aliphatic heterocycles. The molecule has 1 aromatic carbocycles. The summed E-state index contributed by atoms with van der Waals surface area (Å²) in [7, 11) is 0. The molecule has 0 aromatic heterocycles. The second-order valence-electron chi connectivity index (χ2n) is 3.58. The van der Waals surface area contributed by atoms with Crippen molar-refractivity contribution in [3.8, 4) is 0 Å². The van der Waals surface area contributed by atoms with Crippen LogP contribution in [-0.2, 0) is 16.0 Å². The van der Waals surface area contributed by atoms with Crippen LogP contribution >= 0.6 is 0 Å². The first-order valence-electron chi connectivity index (χ1n) is 5.03. The van der Waals surface area contributed by atoms with Gasteiger partial charge < -0.3 is 5.11 Å². The number of carbonyl (C=O) groups excluding carboxylic acids is 1. The van der Waals surface area contributed by atoms with Crippen LogP contribution < -0.4 is 0 Å². The monoisotopic (exact) mass is 218 g/mol. The molecule has 16 heavy (non-hydrogen) atoms. The van der Waals surface area contributed by atoms with Crippen LogP contribution in [0.3, 0.4) is 0 Å². The third kappa shape index (κ3) is 2.57. The molecule has 0 bridgehead atoms. The third-order valence-corrected chi connectivity index (χ3v) is 2.49. The predicted molar refractivity (Wildman–Crippen MR) is 61.4 cm³/mol. The number of Topliss-reactive ketones (excluding diaryl/α,β-unsaturated/α-hetero) is 1. The summed E-state index contributed by atoms with van der Waals surface area (Å²) < 4.78 is 0. The van der Waals surface area contributed by atoms with E-state index in [1.807, 2.05) is 12.1 Å². The summed E-state index contributed by atoms with van der Waals surface area (Å²) in [5.74, 6) is -2.79. The van der Waals surface area contributed by atoms with Crippen molar-refractivity contribution >= 4 is 11.8 Å². The molecule has 0 aliphatic carbocycles. The highest BCUT2D eigenvalue weighted by atomic mass is 16.4. The Bertz CT molecular complexity index is 421. The molecule has 3 nitrogen and oxygen atoms in total. The van der Waals surface area contributed by atoms with Gasteiger partial charge in [-0.15, -0.1) is 6.58 Å². The minimum Gasteiger partial charge on any atom is -0.475 e. The van der Waals surface area contributed by atoms with Crippen molar-refractivity contribution in [3.05, 3.63) is 48.0 Å². The largest absolute Gasteiger partial charge is 0.475 e. The Hall–Kier alpha value is -1.90. The molecule has 0 heterocycles. The normalized spacial score (nSPS) is 11.8. The molecule has 0 radical (unpaired) electrons. The van der Waals surface area contributed by atoms with Gasteiger partial charge in [-0.1, -0.05) is 37.3 Å². The SMILES string of the molecule is C=CCc1ccccc1C(C)C(=O)C(=O)O. The van der Waals surface area contributed by atoms with E-state index >= 15 is 0 Å². The van der Waals surface area contributed by atoms with E-state index in [0.29, 0.717) is 6.42 Å². The molecule has 0 fully saturated rings. The summed E-state index contributed by atoms with van der Waals surface area (Å²) in [5, 5.41) is 8.66. The van der Waals surface area contributed by atoms with Gasteiger partial charge in [0.25, 0.3) is 0 Å². The highest BCUT2D eigenvalue weighted by molar-refractivity contribution is 6.34. The van der Waals surface area contributed by atoms with Crippen LogP contribution in [0.5, 0.6) is 0 Å². The summed E-state index contributed by atoms with van der Waals surface area (Å²) in [4.78, 5) is 22.0. The summed E-state index contributed by atoms with van der Waals surface area (Å²) in [6, 6.07) is 7.32. The van der Waals surface area contributed by atoms with Gasteiger partial charge in [0.15, 0.2) is 0 Å². The molecule has 0 aliphatic rings. The molecule has 1 N–H and O–H groups in total. The minimum atomic E-state index is -1.39. The number of hydrogen-bond acceptors (Lipinski definition) is 2. The Balaban J connectivity index is 3.07. The number of allylic oxidation sites excluding steroid dienone is 1. The van der Waals surface area contributed by atoms with E-state index in [-0.39, 0.29) is 0 Å². The summed E-state index contributed by atoms with van der Waals surface area (Å²) >= 11 is 0. The highest BCUT2D eigenvalue weighted by Crippen LogP contribution is 2.21. The van der Waals surface area contributed by atoms with Gasteiger partial charge in [-0.05, 0) is 17.5 Å². The van der Waals surface area contributed by atoms with Crippen molar-refractivity contribution in [3.63, 3.8) is 0 Å². The lowest BCUT2D eigenvalue weighted by molar-refractivity contribution is -0.149. The fourth-order valence-electron chi connectivity index (χ4n) is 1.62. The molecular formula is C13H14O3. The second kappa shape index (κ2) is 5.26. The molecule has 1 atom stereocenters. The zero-order valence-electron chi connectivity index (χ0n) is 9.14. The molecule has 1 unspecified atom stereocenters. The van der Waals surface area contributed by atoms with Crippen LogP contribution in [0.2, 0.25) is 0 Å². The smallest absolute Gasteiger partial charge is 0.372 e. The molecule has 1 aromatic rings. The maximum atomic E-state index is 11.4. The zero-order chi connectivity index (χ0) is 12.1. The first-order chi connectivity index (χ1) is 7.57. The summed E-state index contributed by atoms with van der Waals surface area (Å²) in [6.07, 6.45) is 2.37. The van der Waals surface area contributed by atoms with Crippen LogP contribution in [-0.4, -0.2) is 16.9 Å². The third-order valence-electron chi connectivity index (χ3n) is 2.49. The van der Waals surface area contributed by atoms with E-state index < -0.39 is 17.7 Å². The second-order valence-corrected chi connectivity index (χ2v) is 3.58. The van der Waals surface area contributed by atoms with E-state index in [1.165, 1.54) is 0 Å². The standard InChI is InChI=1S/C13H14O3/c1-3-6-10-7-4-5-8-11(10)9(2)12(14)13(15)16/h3-5,7-9H,1,6H2,2H3,(H,15,16). The topological polar surface area (TPSA) is 54.4 Å². The van der Waals surface area contributed by atoms with Gasteiger partial charge in [0.1, 0.15) is 0 Å². The Morgan fingerprint density at radius 3 is 2.62 bits per heavy atom. The van der Waals surface area contributed by atoms with Crippen molar-refractivity contribution in [2.24, 2.45) is 0 Å². The molecule has 84 valence electrons. The lowest BCUT2D eigenvalue weighted by Crippen LogP contribution is -2.20. The Labute approximate surface area is 94.4 Å². The highest BCUT2D eigenvalue weighted by Gasteiger charge is 2.23. The van der Waals surface area contributed by atoms with Crippen molar-refractivity contribution in [2.75, 3.05) is 0 Å². The number of carbonyl (C=O) groups is 2. The predicted octanol–water partition coefficient (Wildman–Crippen LogP) is 2.17. The van der Waals surface area contributed by atoms with Crippen molar-refractivity contribution < 1.29 is 14.7 Å². The van der Waals surface area contributed by atoms with Crippen LogP contribution in [0, 0.1) is 0 Å². The van der Waals surface area contributed by atoms with Crippen LogP contribution in [0.15, 0.2) is 36.9 Å². The van der Waals surface area contributed by atoms with Gasteiger partial charge in [-0.2, -0.15) is 0 Å². The average Bonchev–Trinajstić information content (AvgIpc) is 2.28. The molecular weight excluding hydrogens is 204 g/mol. The number of rotatable bonds is 5. The summed E-state index contributed by atoms with van der Waals surface area (Å²) in [5.41, 5.74) is 1.70. The van der Waals surface area contributed by atoms with Crippen molar-refractivity contribution in [1.82, 2.24) is 0 Å².